The molecule has 1 aliphatic rings. The number of rotatable bonds is 5. The van der Waals surface area contributed by atoms with E-state index in [4.69, 9.17) is 0 Å². The second kappa shape index (κ2) is 6.48. The molecule has 2 atom stereocenters. The maximum Gasteiger partial charge on any atom is -0.0360 e. The van der Waals surface area contributed by atoms with E-state index in [2.05, 4.69) is 20.8 Å². The first-order valence-corrected chi connectivity index (χ1v) is 6.83. The molecule has 0 amide bonds. The molecule has 84 valence electrons. The van der Waals surface area contributed by atoms with Crippen molar-refractivity contribution in [3.63, 3.8) is 0 Å². The molecule has 1 aliphatic carbocycles. The van der Waals surface area contributed by atoms with E-state index in [1.54, 1.807) is 0 Å². The van der Waals surface area contributed by atoms with E-state index in [-0.39, 0.29) is 0 Å². The van der Waals surface area contributed by atoms with Crippen LogP contribution in [0.2, 0.25) is 0 Å². The summed E-state index contributed by atoms with van der Waals surface area (Å²) < 4.78 is 0. The van der Waals surface area contributed by atoms with E-state index in [0.717, 1.165) is 17.8 Å². The van der Waals surface area contributed by atoms with Crippen LogP contribution >= 0.6 is 0 Å². The highest BCUT2D eigenvalue weighted by Gasteiger charge is 2.30. The van der Waals surface area contributed by atoms with Crippen LogP contribution in [0, 0.1) is 17.8 Å². The highest BCUT2D eigenvalue weighted by molar-refractivity contribution is 4.81. The van der Waals surface area contributed by atoms with Crippen LogP contribution < -0.4 is 0 Å². The fourth-order valence-electron chi connectivity index (χ4n) is 3.58. The van der Waals surface area contributed by atoms with E-state index >= 15 is 0 Å². The first-order chi connectivity index (χ1) is 6.83. The van der Waals surface area contributed by atoms with E-state index < -0.39 is 0 Å². The molecular weight excluding hydrogens is 168 g/mol. The van der Waals surface area contributed by atoms with Gasteiger partial charge < -0.3 is 0 Å². The summed E-state index contributed by atoms with van der Waals surface area (Å²) in [4.78, 5) is 0. The Morgan fingerprint density at radius 3 is 1.71 bits per heavy atom. The molecule has 1 saturated carbocycles. The van der Waals surface area contributed by atoms with Crippen molar-refractivity contribution in [1.29, 1.82) is 0 Å². The van der Waals surface area contributed by atoms with E-state index in [0.29, 0.717) is 0 Å². The molecule has 0 aromatic carbocycles. The minimum absolute atomic E-state index is 1.06. The zero-order chi connectivity index (χ0) is 10.4. The predicted octanol–water partition coefficient (Wildman–Crippen LogP) is 5.03. The van der Waals surface area contributed by atoms with Crippen LogP contribution in [0.4, 0.5) is 0 Å². The second-order valence-electron chi connectivity index (χ2n) is 5.10. The van der Waals surface area contributed by atoms with Crippen LogP contribution in [0.3, 0.4) is 0 Å². The zero-order valence-corrected chi connectivity index (χ0v) is 10.4. The van der Waals surface area contributed by atoms with Crippen molar-refractivity contribution in [3.8, 4) is 0 Å². The lowest BCUT2D eigenvalue weighted by atomic mass is 9.68. The summed E-state index contributed by atoms with van der Waals surface area (Å²) in [5, 5.41) is 0. The van der Waals surface area contributed by atoms with Gasteiger partial charge in [-0.1, -0.05) is 72.1 Å². The van der Waals surface area contributed by atoms with Gasteiger partial charge in [-0.05, 0) is 17.8 Å². The molecule has 0 heteroatoms. The molecule has 0 spiro atoms. The van der Waals surface area contributed by atoms with Gasteiger partial charge in [0.15, 0.2) is 0 Å². The van der Waals surface area contributed by atoms with Gasteiger partial charge in [0, 0.05) is 0 Å². The fourth-order valence-corrected chi connectivity index (χ4v) is 3.58. The molecule has 2 unspecified atom stereocenters. The Bertz CT molecular complexity index is 121. The topological polar surface area (TPSA) is 0 Å². The normalized spacial score (nSPS) is 33.2. The highest BCUT2D eigenvalue weighted by atomic mass is 14.4. The van der Waals surface area contributed by atoms with Gasteiger partial charge in [-0.15, -0.1) is 0 Å². The molecule has 1 fully saturated rings. The summed E-state index contributed by atoms with van der Waals surface area (Å²) >= 11 is 0. The summed E-state index contributed by atoms with van der Waals surface area (Å²) in [6, 6.07) is 0. The van der Waals surface area contributed by atoms with Crippen LogP contribution in [0.5, 0.6) is 0 Å². The lowest BCUT2D eigenvalue weighted by molar-refractivity contribution is 0.130. The van der Waals surface area contributed by atoms with Crippen molar-refractivity contribution in [2.45, 2.75) is 72.1 Å². The summed E-state index contributed by atoms with van der Waals surface area (Å²) in [5.41, 5.74) is 0. The lowest BCUT2D eigenvalue weighted by Crippen LogP contribution is -2.27. The zero-order valence-electron chi connectivity index (χ0n) is 10.4. The SMILES string of the molecule is CCCC1CCCC(CCC)C1CC. The van der Waals surface area contributed by atoms with Crippen molar-refractivity contribution in [1.82, 2.24) is 0 Å². The minimum atomic E-state index is 1.06. The standard InChI is InChI=1S/C14H28/c1-4-8-12-10-7-11-13(9-5-2)14(12)6-3/h12-14H,4-11H2,1-3H3. The molecule has 0 N–H and O–H groups in total. The van der Waals surface area contributed by atoms with Crippen molar-refractivity contribution in [2.24, 2.45) is 17.8 Å². The number of hydrogen-bond acceptors (Lipinski definition) is 0. The molecule has 0 bridgehead atoms. The Labute approximate surface area is 90.5 Å². The predicted molar refractivity (Wildman–Crippen MR) is 64.4 cm³/mol. The average molecular weight is 196 g/mol. The second-order valence-corrected chi connectivity index (χ2v) is 5.10. The third-order valence-corrected chi connectivity index (χ3v) is 4.15. The van der Waals surface area contributed by atoms with Gasteiger partial charge >= 0.3 is 0 Å². The molecule has 0 nitrogen and oxygen atoms in total. The van der Waals surface area contributed by atoms with Gasteiger partial charge in [0.05, 0.1) is 0 Å². The molecule has 0 saturated heterocycles. The summed E-state index contributed by atoms with van der Waals surface area (Å²) in [5.74, 6) is 3.19. The first kappa shape index (κ1) is 12.1. The van der Waals surface area contributed by atoms with Crippen LogP contribution in [-0.2, 0) is 0 Å². The van der Waals surface area contributed by atoms with Gasteiger partial charge in [0.25, 0.3) is 0 Å². The maximum atomic E-state index is 2.40. The monoisotopic (exact) mass is 196 g/mol. The van der Waals surface area contributed by atoms with Crippen LogP contribution in [-0.4, -0.2) is 0 Å². The Morgan fingerprint density at radius 2 is 1.36 bits per heavy atom. The Morgan fingerprint density at radius 1 is 0.857 bits per heavy atom. The van der Waals surface area contributed by atoms with Gasteiger partial charge in [-0.2, -0.15) is 0 Å². The molecule has 14 heavy (non-hydrogen) atoms. The van der Waals surface area contributed by atoms with Crippen molar-refractivity contribution in [3.05, 3.63) is 0 Å². The lowest BCUT2D eigenvalue weighted by Gasteiger charge is -2.38. The molecule has 0 aromatic heterocycles. The summed E-state index contributed by atoms with van der Waals surface area (Å²) in [6.45, 7) is 7.09. The largest absolute Gasteiger partial charge is 0.0654 e. The van der Waals surface area contributed by atoms with E-state index in [9.17, 15) is 0 Å². The smallest absolute Gasteiger partial charge is 0.0360 e. The van der Waals surface area contributed by atoms with E-state index in [1.165, 1.54) is 51.4 Å². The quantitative estimate of drug-likeness (QED) is 0.578. The van der Waals surface area contributed by atoms with Crippen LogP contribution in [0.15, 0.2) is 0 Å². The minimum Gasteiger partial charge on any atom is -0.0654 e. The van der Waals surface area contributed by atoms with Crippen LogP contribution in [0.25, 0.3) is 0 Å². The Hall–Kier alpha value is 0. The molecular formula is C14H28. The summed E-state index contributed by atoms with van der Waals surface area (Å²) in [6.07, 6.45) is 11.7. The van der Waals surface area contributed by atoms with Gasteiger partial charge in [0.2, 0.25) is 0 Å². The average Bonchev–Trinajstić information content (AvgIpc) is 2.19. The van der Waals surface area contributed by atoms with Crippen molar-refractivity contribution >= 4 is 0 Å². The van der Waals surface area contributed by atoms with Gasteiger partial charge in [-0.3, -0.25) is 0 Å². The Kier molecular flexibility index (Phi) is 5.59. The van der Waals surface area contributed by atoms with Crippen molar-refractivity contribution < 1.29 is 0 Å². The van der Waals surface area contributed by atoms with Crippen LogP contribution in [0.1, 0.15) is 72.1 Å². The van der Waals surface area contributed by atoms with Gasteiger partial charge in [0.1, 0.15) is 0 Å². The molecule has 0 aromatic rings. The molecule has 0 aliphatic heterocycles. The highest BCUT2D eigenvalue weighted by Crippen LogP contribution is 2.41. The van der Waals surface area contributed by atoms with Gasteiger partial charge in [-0.25, -0.2) is 0 Å². The summed E-state index contributed by atoms with van der Waals surface area (Å²) in [7, 11) is 0. The Balaban J connectivity index is 2.50. The maximum absolute atomic E-state index is 2.40. The first-order valence-electron chi connectivity index (χ1n) is 6.83. The third kappa shape index (κ3) is 3.00. The molecule has 1 rings (SSSR count). The molecule has 0 heterocycles. The number of hydrogen-bond donors (Lipinski definition) is 0. The molecule has 0 radical (unpaired) electrons. The van der Waals surface area contributed by atoms with E-state index in [1.807, 2.05) is 0 Å². The van der Waals surface area contributed by atoms with Crippen molar-refractivity contribution in [2.75, 3.05) is 0 Å². The third-order valence-electron chi connectivity index (χ3n) is 4.15. The fraction of sp³-hybridized carbons (Fsp3) is 1.00.